The Kier molecular flexibility index (Phi) is 5.88. The molecule has 2 fully saturated rings. The van der Waals surface area contributed by atoms with Crippen molar-refractivity contribution in [3.63, 3.8) is 0 Å². The van der Waals surface area contributed by atoms with Crippen molar-refractivity contribution >= 4 is 0 Å². The average molecular weight is 282 g/mol. The van der Waals surface area contributed by atoms with E-state index in [9.17, 15) is 0 Å². The Morgan fingerprint density at radius 3 is 2.30 bits per heavy atom. The minimum atomic E-state index is 0.390. The van der Waals surface area contributed by atoms with E-state index >= 15 is 0 Å². The summed E-state index contributed by atoms with van der Waals surface area (Å²) >= 11 is 0. The summed E-state index contributed by atoms with van der Waals surface area (Å²) < 4.78 is 5.87. The summed E-state index contributed by atoms with van der Waals surface area (Å²) in [6.07, 6.45) is 6.41. The van der Waals surface area contributed by atoms with Crippen LogP contribution in [0.3, 0.4) is 0 Å². The third kappa shape index (κ3) is 4.71. The van der Waals surface area contributed by atoms with Crippen LogP contribution in [0.25, 0.3) is 0 Å². The van der Waals surface area contributed by atoms with Crippen molar-refractivity contribution < 1.29 is 4.74 Å². The van der Waals surface area contributed by atoms with Crippen LogP contribution in [0.5, 0.6) is 0 Å². The zero-order valence-electron chi connectivity index (χ0n) is 14.0. The van der Waals surface area contributed by atoms with E-state index in [-0.39, 0.29) is 0 Å². The number of nitrogens with zero attached hydrogens (tertiary/aromatic N) is 1. The summed E-state index contributed by atoms with van der Waals surface area (Å²) in [5, 5.41) is 3.72. The number of hydrogen-bond acceptors (Lipinski definition) is 3. The van der Waals surface area contributed by atoms with E-state index in [2.05, 4.69) is 37.9 Å². The SMILES string of the molecule is CC(C)CNCC1(CN2CC(C)OC(C)C2)CCCC1. The fourth-order valence-electron chi connectivity index (χ4n) is 4.03. The minimum Gasteiger partial charge on any atom is -0.373 e. The Hall–Kier alpha value is -0.120. The third-order valence-corrected chi connectivity index (χ3v) is 4.77. The molecule has 0 aromatic heterocycles. The normalized spacial score (nSPS) is 31.1. The summed E-state index contributed by atoms with van der Waals surface area (Å²) in [6.45, 7) is 14.8. The van der Waals surface area contributed by atoms with Gasteiger partial charge in [-0.05, 0) is 44.6 Å². The van der Waals surface area contributed by atoms with E-state index in [0.29, 0.717) is 17.6 Å². The first-order chi connectivity index (χ1) is 9.49. The van der Waals surface area contributed by atoms with E-state index in [4.69, 9.17) is 4.74 Å². The maximum Gasteiger partial charge on any atom is 0.0678 e. The molecule has 1 saturated heterocycles. The first-order valence-electron chi connectivity index (χ1n) is 8.58. The van der Waals surface area contributed by atoms with Gasteiger partial charge in [0.05, 0.1) is 12.2 Å². The number of morpholine rings is 1. The van der Waals surface area contributed by atoms with Gasteiger partial charge in [-0.25, -0.2) is 0 Å². The maximum atomic E-state index is 5.87. The van der Waals surface area contributed by atoms with Crippen LogP contribution in [-0.2, 0) is 4.74 Å². The van der Waals surface area contributed by atoms with Gasteiger partial charge in [0.15, 0.2) is 0 Å². The molecule has 2 atom stereocenters. The third-order valence-electron chi connectivity index (χ3n) is 4.77. The van der Waals surface area contributed by atoms with Crippen LogP contribution >= 0.6 is 0 Å². The Morgan fingerprint density at radius 2 is 1.75 bits per heavy atom. The Balaban J connectivity index is 1.87. The molecule has 0 aromatic rings. The molecule has 0 bridgehead atoms. The fraction of sp³-hybridized carbons (Fsp3) is 1.00. The maximum absolute atomic E-state index is 5.87. The standard InChI is InChI=1S/C17H34N2O/c1-14(2)9-18-12-17(7-5-6-8-17)13-19-10-15(3)20-16(4)11-19/h14-16,18H,5-13H2,1-4H3. The van der Waals surface area contributed by atoms with Gasteiger partial charge < -0.3 is 10.1 Å². The molecule has 118 valence electrons. The molecule has 20 heavy (non-hydrogen) atoms. The lowest BCUT2D eigenvalue weighted by molar-refractivity contribution is -0.0774. The van der Waals surface area contributed by atoms with Gasteiger partial charge in [-0.3, -0.25) is 4.90 Å². The molecule has 2 rings (SSSR count). The van der Waals surface area contributed by atoms with E-state index in [0.717, 1.165) is 25.6 Å². The quantitative estimate of drug-likeness (QED) is 0.811. The van der Waals surface area contributed by atoms with Gasteiger partial charge >= 0.3 is 0 Å². The summed E-state index contributed by atoms with van der Waals surface area (Å²) in [5.41, 5.74) is 0.520. The van der Waals surface area contributed by atoms with Gasteiger partial charge in [0, 0.05) is 26.2 Å². The molecule has 0 radical (unpaired) electrons. The topological polar surface area (TPSA) is 24.5 Å². The number of hydrogen-bond donors (Lipinski definition) is 1. The Bertz CT molecular complexity index is 277. The van der Waals surface area contributed by atoms with Crippen LogP contribution in [0.4, 0.5) is 0 Å². The van der Waals surface area contributed by atoms with Gasteiger partial charge in [0.1, 0.15) is 0 Å². The van der Waals surface area contributed by atoms with Crippen LogP contribution < -0.4 is 5.32 Å². The summed E-state index contributed by atoms with van der Waals surface area (Å²) in [6, 6.07) is 0. The van der Waals surface area contributed by atoms with E-state index < -0.39 is 0 Å². The van der Waals surface area contributed by atoms with Crippen LogP contribution in [0.15, 0.2) is 0 Å². The zero-order valence-corrected chi connectivity index (χ0v) is 14.0. The predicted octanol–water partition coefficient (Wildman–Crippen LogP) is 2.90. The molecule has 1 aliphatic carbocycles. The molecule has 0 amide bonds. The van der Waals surface area contributed by atoms with Crippen molar-refractivity contribution in [2.24, 2.45) is 11.3 Å². The van der Waals surface area contributed by atoms with E-state index in [1.165, 1.54) is 38.8 Å². The van der Waals surface area contributed by atoms with Gasteiger partial charge in [-0.1, -0.05) is 26.7 Å². The van der Waals surface area contributed by atoms with Crippen LogP contribution in [0.1, 0.15) is 53.4 Å². The molecule has 1 N–H and O–H groups in total. The fourth-order valence-corrected chi connectivity index (χ4v) is 4.03. The van der Waals surface area contributed by atoms with Gasteiger partial charge in [0.25, 0.3) is 0 Å². The summed E-state index contributed by atoms with van der Waals surface area (Å²) in [7, 11) is 0. The molecule has 3 heteroatoms. The van der Waals surface area contributed by atoms with Crippen molar-refractivity contribution in [2.45, 2.75) is 65.6 Å². The molecule has 0 aromatic carbocycles. The lowest BCUT2D eigenvalue weighted by Crippen LogP contribution is -2.51. The monoisotopic (exact) mass is 282 g/mol. The molecule has 1 saturated carbocycles. The van der Waals surface area contributed by atoms with Gasteiger partial charge in [0.2, 0.25) is 0 Å². The van der Waals surface area contributed by atoms with Crippen LogP contribution in [-0.4, -0.2) is 49.8 Å². The van der Waals surface area contributed by atoms with Gasteiger partial charge in [-0.15, -0.1) is 0 Å². The number of nitrogens with one attached hydrogen (secondary N) is 1. The Labute approximate surface area is 125 Å². The molecule has 3 nitrogen and oxygen atoms in total. The first-order valence-corrected chi connectivity index (χ1v) is 8.58. The molecular formula is C17H34N2O. The second-order valence-electron chi connectivity index (χ2n) is 7.68. The van der Waals surface area contributed by atoms with Crippen molar-refractivity contribution in [3.05, 3.63) is 0 Å². The highest BCUT2D eigenvalue weighted by Crippen LogP contribution is 2.38. The lowest BCUT2D eigenvalue weighted by Gasteiger charge is -2.41. The number of ether oxygens (including phenoxy) is 1. The highest BCUT2D eigenvalue weighted by Gasteiger charge is 2.36. The summed E-state index contributed by atoms with van der Waals surface area (Å²) in [5.74, 6) is 0.747. The van der Waals surface area contributed by atoms with Crippen molar-refractivity contribution in [3.8, 4) is 0 Å². The van der Waals surface area contributed by atoms with Crippen molar-refractivity contribution in [2.75, 3.05) is 32.7 Å². The molecule has 2 unspecified atom stereocenters. The molecule has 0 spiro atoms. The second kappa shape index (κ2) is 7.24. The Morgan fingerprint density at radius 1 is 1.15 bits per heavy atom. The largest absolute Gasteiger partial charge is 0.373 e. The van der Waals surface area contributed by atoms with Crippen molar-refractivity contribution in [1.29, 1.82) is 0 Å². The van der Waals surface area contributed by atoms with E-state index in [1.54, 1.807) is 0 Å². The highest BCUT2D eigenvalue weighted by molar-refractivity contribution is 4.91. The average Bonchev–Trinajstić information content (AvgIpc) is 2.75. The minimum absolute atomic E-state index is 0.390. The van der Waals surface area contributed by atoms with Crippen molar-refractivity contribution in [1.82, 2.24) is 10.2 Å². The van der Waals surface area contributed by atoms with Gasteiger partial charge in [-0.2, -0.15) is 0 Å². The number of rotatable bonds is 6. The summed E-state index contributed by atoms with van der Waals surface area (Å²) in [4.78, 5) is 2.65. The second-order valence-corrected chi connectivity index (χ2v) is 7.68. The smallest absolute Gasteiger partial charge is 0.0678 e. The highest BCUT2D eigenvalue weighted by atomic mass is 16.5. The van der Waals surface area contributed by atoms with Crippen LogP contribution in [0, 0.1) is 11.3 Å². The zero-order chi connectivity index (χ0) is 14.6. The van der Waals surface area contributed by atoms with E-state index in [1.807, 2.05) is 0 Å². The van der Waals surface area contributed by atoms with Crippen LogP contribution in [0.2, 0.25) is 0 Å². The molecule has 1 heterocycles. The predicted molar refractivity (Wildman–Crippen MR) is 85.1 cm³/mol. The molecule has 1 aliphatic heterocycles. The first kappa shape index (κ1) is 16.3. The molecular weight excluding hydrogens is 248 g/mol. The molecule has 2 aliphatic rings. The lowest BCUT2D eigenvalue weighted by atomic mass is 9.85.